The average Bonchev–Trinajstić information content (AvgIpc) is 3.06. The number of hydrogen-bond acceptors (Lipinski definition) is 4. The Morgan fingerprint density at radius 3 is 2.62 bits per heavy atom. The summed E-state index contributed by atoms with van der Waals surface area (Å²) in [6, 6.07) is 9.91. The number of nitrogens with zero attached hydrogens (tertiary/aromatic N) is 2. The minimum Gasteiger partial charge on any atom is -0.346 e. The van der Waals surface area contributed by atoms with E-state index in [4.69, 9.17) is 0 Å². The zero-order chi connectivity index (χ0) is 17.4. The van der Waals surface area contributed by atoms with Gasteiger partial charge < -0.3 is 5.32 Å². The molecule has 1 amide bonds. The van der Waals surface area contributed by atoms with Crippen molar-refractivity contribution in [3.63, 3.8) is 0 Å². The molecule has 2 rings (SSSR count). The van der Waals surface area contributed by atoms with E-state index in [9.17, 15) is 4.79 Å². The van der Waals surface area contributed by atoms with Crippen molar-refractivity contribution in [1.29, 1.82) is 0 Å². The maximum absolute atomic E-state index is 12.1. The van der Waals surface area contributed by atoms with Crippen LogP contribution in [0.3, 0.4) is 0 Å². The number of carbonyl (C=O) groups excluding carboxylic acids is 1. The van der Waals surface area contributed by atoms with Crippen LogP contribution < -0.4 is 5.32 Å². The molecule has 0 aliphatic carbocycles. The van der Waals surface area contributed by atoms with Crippen LogP contribution in [0.4, 0.5) is 0 Å². The van der Waals surface area contributed by atoms with Crippen LogP contribution in [0.25, 0.3) is 5.57 Å². The Kier molecular flexibility index (Phi) is 7.15. The third-order valence-electron chi connectivity index (χ3n) is 3.87. The fourth-order valence-corrected chi connectivity index (χ4v) is 3.10. The fraction of sp³-hybridized carbons (Fsp3) is 0.368. The van der Waals surface area contributed by atoms with Crippen LogP contribution in [0.2, 0.25) is 0 Å². The molecular formula is C19H25N3OS. The molecule has 1 heterocycles. The maximum Gasteiger partial charge on any atom is 0.244 e. The normalized spacial score (nSPS) is 11.8. The molecule has 128 valence electrons. The van der Waals surface area contributed by atoms with Gasteiger partial charge in [-0.25, -0.2) is 4.98 Å². The first-order valence-corrected chi connectivity index (χ1v) is 9.17. The van der Waals surface area contributed by atoms with Crippen LogP contribution in [-0.2, 0) is 17.9 Å². The Morgan fingerprint density at radius 1 is 1.25 bits per heavy atom. The quantitative estimate of drug-likeness (QED) is 0.743. The smallest absolute Gasteiger partial charge is 0.244 e. The molecule has 1 aromatic carbocycles. The van der Waals surface area contributed by atoms with Gasteiger partial charge in [0.1, 0.15) is 5.01 Å². The highest BCUT2D eigenvalue weighted by Gasteiger charge is 2.07. The van der Waals surface area contributed by atoms with E-state index in [-0.39, 0.29) is 5.91 Å². The predicted octanol–water partition coefficient (Wildman–Crippen LogP) is 3.70. The van der Waals surface area contributed by atoms with Crippen molar-refractivity contribution >= 4 is 22.8 Å². The molecule has 1 N–H and O–H groups in total. The Balaban J connectivity index is 1.87. The number of aromatic nitrogens is 1. The molecule has 0 saturated carbocycles. The maximum atomic E-state index is 12.1. The summed E-state index contributed by atoms with van der Waals surface area (Å²) < 4.78 is 0. The Hall–Kier alpha value is -1.98. The van der Waals surface area contributed by atoms with E-state index in [2.05, 4.69) is 34.4 Å². The zero-order valence-corrected chi connectivity index (χ0v) is 15.4. The first-order chi connectivity index (χ1) is 11.6. The third kappa shape index (κ3) is 5.58. The Bertz CT molecular complexity index is 675. The summed E-state index contributed by atoms with van der Waals surface area (Å²) in [5.74, 6) is -0.0863. The van der Waals surface area contributed by atoms with Crippen molar-refractivity contribution in [3.05, 3.63) is 58.1 Å². The van der Waals surface area contributed by atoms with Crippen molar-refractivity contribution in [2.45, 2.75) is 33.9 Å². The summed E-state index contributed by atoms with van der Waals surface area (Å²) >= 11 is 1.60. The highest BCUT2D eigenvalue weighted by atomic mass is 32.1. The SMILES string of the molecule is CCN(CC)Cc1csc(CNC(=O)/C=C(\C)c2ccccc2)n1. The van der Waals surface area contributed by atoms with Crippen molar-refractivity contribution in [1.82, 2.24) is 15.2 Å². The van der Waals surface area contributed by atoms with E-state index in [1.54, 1.807) is 17.4 Å². The fourth-order valence-electron chi connectivity index (χ4n) is 2.37. The highest BCUT2D eigenvalue weighted by molar-refractivity contribution is 7.09. The standard InChI is InChI=1S/C19H25N3OS/c1-4-22(5-2)13-17-14-24-19(21-17)12-20-18(23)11-15(3)16-9-7-6-8-10-16/h6-11,14H,4-5,12-13H2,1-3H3,(H,20,23)/b15-11+. The summed E-state index contributed by atoms with van der Waals surface area (Å²) in [5.41, 5.74) is 3.09. The molecule has 0 atom stereocenters. The minimum atomic E-state index is -0.0863. The van der Waals surface area contributed by atoms with Crippen LogP contribution in [0.1, 0.15) is 37.0 Å². The lowest BCUT2D eigenvalue weighted by Gasteiger charge is -2.15. The van der Waals surface area contributed by atoms with Crippen LogP contribution in [0.5, 0.6) is 0 Å². The molecule has 0 radical (unpaired) electrons. The van der Waals surface area contributed by atoms with Gasteiger partial charge >= 0.3 is 0 Å². The summed E-state index contributed by atoms with van der Waals surface area (Å²) in [6.07, 6.45) is 1.64. The van der Waals surface area contributed by atoms with E-state index in [0.29, 0.717) is 6.54 Å². The van der Waals surface area contributed by atoms with Crippen molar-refractivity contribution in [3.8, 4) is 0 Å². The third-order valence-corrected chi connectivity index (χ3v) is 4.77. The number of nitrogens with one attached hydrogen (secondary N) is 1. The molecule has 1 aromatic heterocycles. The zero-order valence-electron chi connectivity index (χ0n) is 14.6. The molecule has 0 aliphatic rings. The lowest BCUT2D eigenvalue weighted by atomic mass is 10.1. The summed E-state index contributed by atoms with van der Waals surface area (Å²) in [7, 11) is 0. The number of benzene rings is 1. The van der Waals surface area contributed by atoms with E-state index in [0.717, 1.165) is 41.5 Å². The van der Waals surface area contributed by atoms with Gasteiger partial charge in [-0.3, -0.25) is 9.69 Å². The first-order valence-electron chi connectivity index (χ1n) is 8.29. The molecule has 24 heavy (non-hydrogen) atoms. The predicted molar refractivity (Wildman–Crippen MR) is 101 cm³/mol. The van der Waals surface area contributed by atoms with Gasteiger partial charge in [-0.15, -0.1) is 11.3 Å². The number of carbonyl (C=O) groups is 1. The summed E-state index contributed by atoms with van der Waals surface area (Å²) in [6.45, 7) is 9.62. The molecule has 4 nitrogen and oxygen atoms in total. The molecule has 0 bridgehead atoms. The average molecular weight is 343 g/mol. The van der Waals surface area contributed by atoms with Gasteiger partial charge in [0.15, 0.2) is 0 Å². The highest BCUT2D eigenvalue weighted by Crippen LogP contribution is 2.13. The molecule has 0 spiro atoms. The molecular weight excluding hydrogens is 318 g/mol. The molecule has 0 fully saturated rings. The second kappa shape index (κ2) is 9.35. The van der Waals surface area contributed by atoms with Crippen LogP contribution in [0.15, 0.2) is 41.8 Å². The first kappa shape index (κ1) is 18.4. The molecule has 5 heteroatoms. The Morgan fingerprint density at radius 2 is 1.96 bits per heavy atom. The number of allylic oxidation sites excluding steroid dienone is 1. The van der Waals surface area contributed by atoms with Crippen molar-refractivity contribution in [2.24, 2.45) is 0 Å². The molecule has 0 saturated heterocycles. The largest absolute Gasteiger partial charge is 0.346 e. The van der Waals surface area contributed by atoms with Crippen molar-refractivity contribution < 1.29 is 4.79 Å². The van der Waals surface area contributed by atoms with Gasteiger partial charge in [-0.2, -0.15) is 0 Å². The Labute approximate surface area is 148 Å². The summed E-state index contributed by atoms with van der Waals surface area (Å²) in [4.78, 5) is 19.0. The van der Waals surface area contributed by atoms with E-state index in [1.165, 1.54) is 0 Å². The number of amides is 1. The van der Waals surface area contributed by atoms with Gasteiger partial charge in [-0.05, 0) is 31.1 Å². The second-order valence-electron chi connectivity index (χ2n) is 5.61. The van der Waals surface area contributed by atoms with Gasteiger partial charge in [0.05, 0.1) is 12.2 Å². The molecule has 2 aromatic rings. The van der Waals surface area contributed by atoms with Gasteiger partial charge in [0, 0.05) is 18.0 Å². The van der Waals surface area contributed by atoms with Crippen LogP contribution in [-0.4, -0.2) is 28.9 Å². The van der Waals surface area contributed by atoms with Crippen LogP contribution in [0, 0.1) is 0 Å². The monoisotopic (exact) mass is 343 g/mol. The molecule has 0 unspecified atom stereocenters. The lowest BCUT2D eigenvalue weighted by Crippen LogP contribution is -2.23. The number of rotatable bonds is 8. The molecule has 0 aliphatic heterocycles. The lowest BCUT2D eigenvalue weighted by molar-refractivity contribution is -0.116. The van der Waals surface area contributed by atoms with E-state index in [1.807, 2.05) is 37.3 Å². The van der Waals surface area contributed by atoms with Gasteiger partial charge in [0.2, 0.25) is 5.91 Å². The van der Waals surface area contributed by atoms with Gasteiger partial charge in [-0.1, -0.05) is 44.2 Å². The second-order valence-corrected chi connectivity index (χ2v) is 6.55. The van der Waals surface area contributed by atoms with Crippen molar-refractivity contribution in [2.75, 3.05) is 13.1 Å². The van der Waals surface area contributed by atoms with Gasteiger partial charge in [0.25, 0.3) is 0 Å². The van der Waals surface area contributed by atoms with E-state index < -0.39 is 0 Å². The number of thiazole rings is 1. The van der Waals surface area contributed by atoms with E-state index >= 15 is 0 Å². The van der Waals surface area contributed by atoms with Crippen LogP contribution >= 0.6 is 11.3 Å². The minimum absolute atomic E-state index is 0.0863. The number of hydrogen-bond donors (Lipinski definition) is 1. The topological polar surface area (TPSA) is 45.2 Å². The summed E-state index contributed by atoms with van der Waals surface area (Å²) in [5, 5.41) is 5.93.